The van der Waals surface area contributed by atoms with Gasteiger partial charge in [-0.15, -0.1) is 0 Å². The quantitative estimate of drug-likeness (QED) is 0.206. The lowest BCUT2D eigenvalue weighted by atomic mass is 9.98. The first-order valence-electron chi connectivity index (χ1n) is 15.5. The van der Waals surface area contributed by atoms with E-state index >= 15 is 0 Å². The van der Waals surface area contributed by atoms with E-state index in [1.54, 1.807) is 0 Å². The SMILES string of the molecule is Cc1ccc2c(c1)c1cc(C)ccc1n2-c1cc(-c2ccc(C#N)cc2)c(-n2c3ccc(C)cc3c3cc(C)ccc32)cc1C#N. The van der Waals surface area contributed by atoms with Gasteiger partial charge in [-0.3, -0.25) is 0 Å². The molecule has 218 valence electrons. The standard InChI is InChI=1S/C42H30N4/c1-25-5-13-37-33(17-25)34-18-26(2)6-14-38(34)45(37)41-22-32(30-11-9-29(23-43)10-12-30)42(21-31(41)24-44)46-39-15-7-27(3)19-35(39)36-20-28(4)8-16-40(36)46/h5-22H,1-4H3. The van der Waals surface area contributed by atoms with E-state index in [9.17, 15) is 10.5 Å². The van der Waals surface area contributed by atoms with E-state index in [1.807, 2.05) is 30.3 Å². The summed E-state index contributed by atoms with van der Waals surface area (Å²) in [7, 11) is 0. The van der Waals surface area contributed by atoms with Crippen molar-refractivity contribution >= 4 is 43.6 Å². The molecule has 0 unspecified atom stereocenters. The molecule has 0 aliphatic rings. The average molecular weight is 591 g/mol. The molecule has 0 saturated heterocycles. The van der Waals surface area contributed by atoms with E-state index < -0.39 is 0 Å². The van der Waals surface area contributed by atoms with Crippen molar-refractivity contribution in [1.82, 2.24) is 9.13 Å². The van der Waals surface area contributed by atoms with Gasteiger partial charge in [-0.1, -0.05) is 58.7 Å². The van der Waals surface area contributed by atoms with Gasteiger partial charge in [-0.05, 0) is 106 Å². The summed E-state index contributed by atoms with van der Waals surface area (Å²) < 4.78 is 4.53. The molecule has 0 aliphatic carbocycles. The fourth-order valence-corrected chi connectivity index (χ4v) is 7.01. The number of fused-ring (bicyclic) bond motifs is 6. The first-order chi connectivity index (χ1) is 22.3. The van der Waals surface area contributed by atoms with Crippen molar-refractivity contribution in [1.29, 1.82) is 10.5 Å². The maximum atomic E-state index is 10.8. The summed E-state index contributed by atoms with van der Waals surface area (Å²) in [5, 5.41) is 25.1. The van der Waals surface area contributed by atoms with Gasteiger partial charge < -0.3 is 9.13 Å². The van der Waals surface area contributed by atoms with Crippen molar-refractivity contribution in [3.05, 3.63) is 143 Å². The largest absolute Gasteiger partial charge is 0.309 e. The van der Waals surface area contributed by atoms with Crippen LogP contribution in [0.5, 0.6) is 0 Å². The number of hydrogen-bond donors (Lipinski definition) is 0. The van der Waals surface area contributed by atoms with Crippen molar-refractivity contribution in [3.8, 4) is 34.6 Å². The Morgan fingerprint density at radius 1 is 0.435 bits per heavy atom. The number of aromatic nitrogens is 2. The van der Waals surface area contributed by atoms with Crippen molar-refractivity contribution in [2.75, 3.05) is 0 Å². The molecule has 8 aromatic rings. The van der Waals surface area contributed by atoms with Gasteiger partial charge in [-0.2, -0.15) is 10.5 Å². The Balaban J connectivity index is 1.53. The molecule has 0 N–H and O–H groups in total. The Kier molecular flexibility index (Phi) is 6.11. The van der Waals surface area contributed by atoms with Crippen molar-refractivity contribution in [2.24, 2.45) is 0 Å². The molecule has 0 saturated carbocycles. The first kappa shape index (κ1) is 27.4. The lowest BCUT2D eigenvalue weighted by Crippen LogP contribution is -2.04. The molecule has 0 aliphatic heterocycles. The third-order valence-electron chi connectivity index (χ3n) is 9.19. The predicted octanol–water partition coefficient (Wildman–Crippen LogP) is 10.5. The summed E-state index contributed by atoms with van der Waals surface area (Å²) in [6.45, 7) is 8.48. The highest BCUT2D eigenvalue weighted by atomic mass is 15.0. The fourth-order valence-electron chi connectivity index (χ4n) is 7.01. The number of aryl methyl sites for hydroxylation is 4. The molecule has 2 heterocycles. The molecular weight excluding hydrogens is 560 g/mol. The predicted molar refractivity (Wildman–Crippen MR) is 189 cm³/mol. The first-order valence-corrected chi connectivity index (χ1v) is 15.5. The summed E-state index contributed by atoms with van der Waals surface area (Å²) in [5.74, 6) is 0. The zero-order valence-corrected chi connectivity index (χ0v) is 26.2. The van der Waals surface area contributed by atoms with Gasteiger partial charge in [0.15, 0.2) is 0 Å². The van der Waals surface area contributed by atoms with Crippen molar-refractivity contribution in [2.45, 2.75) is 27.7 Å². The van der Waals surface area contributed by atoms with Gasteiger partial charge in [0.25, 0.3) is 0 Å². The Hall–Kier alpha value is -6.10. The Bertz CT molecular complexity index is 2520. The fraction of sp³-hybridized carbons (Fsp3) is 0.0952. The number of nitrogens with zero attached hydrogens (tertiary/aromatic N) is 4. The van der Waals surface area contributed by atoms with Gasteiger partial charge in [0.2, 0.25) is 0 Å². The van der Waals surface area contributed by atoms with E-state index in [4.69, 9.17) is 0 Å². The van der Waals surface area contributed by atoms with Crippen LogP contribution in [0.15, 0.2) is 109 Å². The molecule has 4 heteroatoms. The minimum absolute atomic E-state index is 0.585. The van der Waals surface area contributed by atoms with Crippen LogP contribution in [0.1, 0.15) is 33.4 Å². The summed E-state index contributed by atoms with van der Waals surface area (Å²) >= 11 is 0. The molecule has 0 spiro atoms. The van der Waals surface area contributed by atoms with Crippen LogP contribution in [0.4, 0.5) is 0 Å². The molecule has 0 bridgehead atoms. The van der Waals surface area contributed by atoms with E-state index in [2.05, 4.69) is 128 Å². The van der Waals surface area contributed by atoms with E-state index in [1.165, 1.54) is 43.8 Å². The summed E-state index contributed by atoms with van der Waals surface area (Å²) in [6, 6.07) is 43.0. The van der Waals surface area contributed by atoms with Crippen LogP contribution in [-0.2, 0) is 0 Å². The Morgan fingerprint density at radius 2 is 0.848 bits per heavy atom. The third-order valence-corrected chi connectivity index (χ3v) is 9.19. The molecule has 8 rings (SSSR count). The molecular formula is C42H30N4. The van der Waals surface area contributed by atoms with Gasteiger partial charge in [0.05, 0.1) is 50.6 Å². The van der Waals surface area contributed by atoms with E-state index in [-0.39, 0.29) is 0 Å². The average Bonchev–Trinajstić information content (AvgIpc) is 3.55. The number of nitriles is 2. The third kappa shape index (κ3) is 4.12. The maximum Gasteiger partial charge on any atom is 0.101 e. The minimum atomic E-state index is 0.585. The Labute approximate surface area is 267 Å². The van der Waals surface area contributed by atoms with Crippen molar-refractivity contribution in [3.63, 3.8) is 0 Å². The van der Waals surface area contributed by atoms with Crippen LogP contribution in [0.25, 0.3) is 66.1 Å². The maximum absolute atomic E-state index is 10.8. The summed E-state index contributed by atoms with van der Waals surface area (Å²) in [4.78, 5) is 0. The second-order valence-electron chi connectivity index (χ2n) is 12.4. The van der Waals surface area contributed by atoms with Crippen LogP contribution in [0, 0.1) is 50.4 Å². The van der Waals surface area contributed by atoms with Gasteiger partial charge in [0.1, 0.15) is 6.07 Å². The molecule has 6 aromatic carbocycles. The lowest BCUT2D eigenvalue weighted by Gasteiger charge is -2.19. The van der Waals surface area contributed by atoms with Crippen LogP contribution >= 0.6 is 0 Å². The highest BCUT2D eigenvalue weighted by Crippen LogP contribution is 2.41. The highest BCUT2D eigenvalue weighted by molar-refractivity contribution is 6.11. The number of rotatable bonds is 3. The normalized spacial score (nSPS) is 11.4. The summed E-state index contributed by atoms with van der Waals surface area (Å²) in [6.07, 6.45) is 0. The van der Waals surface area contributed by atoms with Crippen LogP contribution in [-0.4, -0.2) is 9.13 Å². The van der Waals surface area contributed by atoms with Crippen LogP contribution in [0.2, 0.25) is 0 Å². The van der Waals surface area contributed by atoms with Crippen LogP contribution in [0.3, 0.4) is 0 Å². The molecule has 0 atom stereocenters. The number of hydrogen-bond acceptors (Lipinski definition) is 2. The second kappa shape index (κ2) is 10.2. The Morgan fingerprint density at radius 3 is 1.24 bits per heavy atom. The highest BCUT2D eigenvalue weighted by Gasteiger charge is 2.22. The van der Waals surface area contributed by atoms with Crippen molar-refractivity contribution < 1.29 is 0 Å². The second-order valence-corrected chi connectivity index (χ2v) is 12.4. The molecule has 4 nitrogen and oxygen atoms in total. The molecule has 0 radical (unpaired) electrons. The van der Waals surface area contributed by atoms with E-state index in [0.29, 0.717) is 11.1 Å². The molecule has 46 heavy (non-hydrogen) atoms. The van der Waals surface area contributed by atoms with Gasteiger partial charge >= 0.3 is 0 Å². The number of benzene rings is 6. The van der Waals surface area contributed by atoms with Crippen LogP contribution < -0.4 is 0 Å². The molecule has 0 fully saturated rings. The zero-order valence-electron chi connectivity index (χ0n) is 26.2. The van der Waals surface area contributed by atoms with Gasteiger partial charge in [-0.25, -0.2) is 0 Å². The van der Waals surface area contributed by atoms with E-state index in [0.717, 1.165) is 44.6 Å². The molecule has 2 aromatic heterocycles. The zero-order chi connectivity index (χ0) is 31.7. The topological polar surface area (TPSA) is 57.4 Å². The smallest absolute Gasteiger partial charge is 0.101 e. The minimum Gasteiger partial charge on any atom is -0.309 e. The van der Waals surface area contributed by atoms with Gasteiger partial charge in [0, 0.05) is 27.1 Å². The monoisotopic (exact) mass is 590 g/mol. The lowest BCUT2D eigenvalue weighted by molar-refractivity contribution is 1.13. The summed E-state index contributed by atoms with van der Waals surface area (Å²) in [5.41, 5.74) is 14.0. The molecule has 0 amide bonds.